The summed E-state index contributed by atoms with van der Waals surface area (Å²) in [6, 6.07) is 0. The van der Waals surface area contributed by atoms with Crippen molar-refractivity contribution in [2.45, 2.75) is 57.2 Å². The van der Waals surface area contributed by atoms with Gasteiger partial charge in [-0.15, -0.1) is 0 Å². The number of alkyl halides is 3. The lowest BCUT2D eigenvalue weighted by atomic mass is 9.76. The van der Waals surface area contributed by atoms with Gasteiger partial charge in [0.25, 0.3) is 0 Å². The summed E-state index contributed by atoms with van der Waals surface area (Å²) in [6.45, 7) is 1.93. The number of rotatable bonds is 3. The number of aromatic nitrogens is 2. The van der Waals surface area contributed by atoms with E-state index < -0.39 is 17.7 Å². The molecule has 0 atom stereocenters. The van der Waals surface area contributed by atoms with E-state index in [0.29, 0.717) is 17.1 Å². The Morgan fingerprint density at radius 3 is 2.38 bits per heavy atom. The van der Waals surface area contributed by atoms with Crippen molar-refractivity contribution in [2.75, 3.05) is 0 Å². The van der Waals surface area contributed by atoms with Crippen LogP contribution in [-0.2, 0) is 19.9 Å². The van der Waals surface area contributed by atoms with Crippen LogP contribution in [0.1, 0.15) is 44.0 Å². The molecule has 1 aromatic rings. The van der Waals surface area contributed by atoms with E-state index in [1.165, 1.54) is 0 Å². The molecule has 0 aliphatic heterocycles. The number of hydrogen-bond acceptors (Lipinski definition) is 2. The number of hydrogen-bond donors (Lipinski definition) is 1. The van der Waals surface area contributed by atoms with Crippen LogP contribution in [0.25, 0.3) is 0 Å². The summed E-state index contributed by atoms with van der Waals surface area (Å²) in [7, 11) is 1.74. The zero-order valence-electron chi connectivity index (χ0n) is 12.2. The molecule has 1 aromatic heterocycles. The Morgan fingerprint density at radius 2 is 1.95 bits per heavy atom. The maximum atomic E-state index is 12.7. The molecule has 1 heterocycles. The van der Waals surface area contributed by atoms with Crippen molar-refractivity contribution in [3.05, 3.63) is 16.4 Å². The van der Waals surface area contributed by atoms with Crippen LogP contribution in [-0.4, -0.2) is 26.7 Å². The first kappa shape index (κ1) is 16.6. The van der Waals surface area contributed by atoms with E-state index in [-0.39, 0.29) is 32.1 Å². The minimum absolute atomic E-state index is 0.0316. The molecule has 1 aliphatic carbocycles. The zero-order valence-corrected chi connectivity index (χ0v) is 12.9. The Morgan fingerprint density at radius 1 is 1.38 bits per heavy atom. The van der Waals surface area contributed by atoms with Gasteiger partial charge in [0.05, 0.1) is 27.9 Å². The summed E-state index contributed by atoms with van der Waals surface area (Å²) in [5.41, 5.74) is 0.327. The summed E-state index contributed by atoms with van der Waals surface area (Å²) < 4.78 is 39.7. The fourth-order valence-electron chi connectivity index (χ4n) is 2.98. The quantitative estimate of drug-likeness (QED) is 0.921. The van der Waals surface area contributed by atoms with Crippen molar-refractivity contribution in [2.24, 2.45) is 13.0 Å². The molecule has 120 valence electrons. The largest absolute Gasteiger partial charge is 0.391 e. The Balaban J connectivity index is 2.09. The van der Waals surface area contributed by atoms with E-state index in [4.69, 9.17) is 11.6 Å². The third-order valence-corrected chi connectivity index (χ3v) is 4.81. The molecule has 1 fully saturated rings. The fourth-order valence-corrected chi connectivity index (χ4v) is 3.34. The summed E-state index contributed by atoms with van der Waals surface area (Å²) in [5.74, 6) is -1.30. The highest BCUT2D eigenvalue weighted by molar-refractivity contribution is 6.31. The zero-order chi connectivity index (χ0) is 15.8. The van der Waals surface area contributed by atoms with Crippen molar-refractivity contribution >= 4 is 11.6 Å². The van der Waals surface area contributed by atoms with E-state index in [1.807, 2.05) is 6.92 Å². The third-order valence-electron chi connectivity index (χ3n) is 4.38. The minimum atomic E-state index is -4.17. The molecular formula is C14H20ClF3N2O. The first-order chi connectivity index (χ1) is 9.66. The molecule has 2 rings (SSSR count). The molecule has 0 bridgehead atoms. The highest BCUT2D eigenvalue weighted by atomic mass is 35.5. The van der Waals surface area contributed by atoms with Crippen LogP contribution in [0.3, 0.4) is 0 Å². The SMILES string of the molecule is CCc1nn(C)c(CC2(O)CCC(C(F)(F)F)CC2)c1Cl. The van der Waals surface area contributed by atoms with Gasteiger partial charge in [0.1, 0.15) is 0 Å². The molecule has 3 nitrogen and oxygen atoms in total. The van der Waals surface area contributed by atoms with Crippen molar-refractivity contribution in [3.63, 3.8) is 0 Å². The Hall–Kier alpha value is -0.750. The van der Waals surface area contributed by atoms with E-state index in [2.05, 4.69) is 5.10 Å². The second-order valence-corrected chi connectivity index (χ2v) is 6.28. The smallest absolute Gasteiger partial charge is 0.389 e. The van der Waals surface area contributed by atoms with Crippen molar-refractivity contribution in [1.29, 1.82) is 0 Å². The van der Waals surface area contributed by atoms with Crippen LogP contribution >= 0.6 is 11.6 Å². The molecular weight excluding hydrogens is 305 g/mol. The Kier molecular flexibility index (Phi) is 4.59. The van der Waals surface area contributed by atoms with Gasteiger partial charge in [-0.1, -0.05) is 18.5 Å². The van der Waals surface area contributed by atoms with Gasteiger partial charge in [0, 0.05) is 13.5 Å². The average molecular weight is 325 g/mol. The van der Waals surface area contributed by atoms with Gasteiger partial charge in [-0.2, -0.15) is 18.3 Å². The van der Waals surface area contributed by atoms with E-state index in [1.54, 1.807) is 11.7 Å². The first-order valence-electron chi connectivity index (χ1n) is 7.15. The van der Waals surface area contributed by atoms with Crippen LogP contribution < -0.4 is 0 Å². The molecule has 0 amide bonds. The van der Waals surface area contributed by atoms with Gasteiger partial charge in [-0.25, -0.2) is 0 Å². The molecule has 21 heavy (non-hydrogen) atoms. The average Bonchev–Trinajstić information content (AvgIpc) is 2.65. The molecule has 0 unspecified atom stereocenters. The lowest BCUT2D eigenvalue weighted by Crippen LogP contribution is -2.40. The van der Waals surface area contributed by atoms with Gasteiger partial charge < -0.3 is 5.11 Å². The van der Waals surface area contributed by atoms with Crippen LogP contribution in [0, 0.1) is 5.92 Å². The Bertz CT molecular complexity index is 505. The van der Waals surface area contributed by atoms with E-state index >= 15 is 0 Å². The fraction of sp³-hybridized carbons (Fsp3) is 0.786. The summed E-state index contributed by atoms with van der Waals surface area (Å²) in [6.07, 6.45) is -3.02. The number of aryl methyl sites for hydroxylation is 2. The second-order valence-electron chi connectivity index (χ2n) is 5.90. The number of aliphatic hydroxyl groups is 1. The normalized spacial score (nSPS) is 27.1. The highest BCUT2D eigenvalue weighted by Crippen LogP contribution is 2.42. The van der Waals surface area contributed by atoms with Gasteiger partial charge >= 0.3 is 6.18 Å². The molecule has 7 heteroatoms. The van der Waals surface area contributed by atoms with Gasteiger partial charge in [0.2, 0.25) is 0 Å². The molecule has 1 aliphatic rings. The Labute approximate surface area is 127 Å². The van der Waals surface area contributed by atoms with Crippen molar-refractivity contribution in [3.8, 4) is 0 Å². The first-order valence-corrected chi connectivity index (χ1v) is 7.53. The molecule has 0 aromatic carbocycles. The molecule has 0 radical (unpaired) electrons. The predicted octanol–water partition coefficient (Wildman–Crippen LogP) is 3.66. The highest BCUT2D eigenvalue weighted by Gasteiger charge is 2.45. The molecule has 1 N–H and O–H groups in total. The predicted molar refractivity (Wildman–Crippen MR) is 74.3 cm³/mol. The summed E-state index contributed by atoms with van der Waals surface area (Å²) >= 11 is 6.24. The van der Waals surface area contributed by atoms with Crippen LogP contribution in [0.4, 0.5) is 13.2 Å². The summed E-state index contributed by atoms with van der Waals surface area (Å²) in [4.78, 5) is 0. The lowest BCUT2D eigenvalue weighted by molar-refractivity contribution is -0.192. The molecule has 0 saturated heterocycles. The maximum Gasteiger partial charge on any atom is 0.391 e. The summed E-state index contributed by atoms with van der Waals surface area (Å²) in [5, 5.41) is 15.4. The van der Waals surface area contributed by atoms with E-state index in [0.717, 1.165) is 5.69 Å². The standard InChI is InChI=1S/C14H20ClF3N2O/c1-3-10-12(15)11(20(2)19-10)8-13(21)6-4-9(5-7-13)14(16,17)18/h9,21H,3-8H2,1-2H3. The van der Waals surface area contributed by atoms with Gasteiger partial charge in [0.15, 0.2) is 0 Å². The molecule has 0 spiro atoms. The monoisotopic (exact) mass is 324 g/mol. The van der Waals surface area contributed by atoms with Gasteiger partial charge in [-0.3, -0.25) is 4.68 Å². The van der Waals surface area contributed by atoms with Crippen molar-refractivity contribution < 1.29 is 18.3 Å². The third kappa shape index (κ3) is 3.54. The number of nitrogens with zero attached hydrogens (tertiary/aromatic N) is 2. The maximum absolute atomic E-state index is 12.7. The number of halogens is 4. The minimum Gasteiger partial charge on any atom is -0.389 e. The topological polar surface area (TPSA) is 38.0 Å². The molecule has 1 saturated carbocycles. The second kappa shape index (κ2) is 5.80. The van der Waals surface area contributed by atoms with E-state index in [9.17, 15) is 18.3 Å². The van der Waals surface area contributed by atoms with Crippen LogP contribution in [0.15, 0.2) is 0 Å². The van der Waals surface area contributed by atoms with Crippen LogP contribution in [0.2, 0.25) is 5.02 Å². The van der Waals surface area contributed by atoms with Crippen molar-refractivity contribution in [1.82, 2.24) is 9.78 Å². The van der Waals surface area contributed by atoms with Gasteiger partial charge in [-0.05, 0) is 32.1 Å². The lowest BCUT2D eigenvalue weighted by Gasteiger charge is -2.36. The van der Waals surface area contributed by atoms with Crippen LogP contribution in [0.5, 0.6) is 0 Å².